The Morgan fingerprint density at radius 3 is 2.57 bits per heavy atom. The number of furan rings is 1. The molecule has 0 atom stereocenters. The van der Waals surface area contributed by atoms with Crippen LogP contribution in [0.3, 0.4) is 0 Å². The summed E-state index contributed by atoms with van der Waals surface area (Å²) in [5, 5.41) is 0. The van der Waals surface area contributed by atoms with E-state index in [0.29, 0.717) is 23.0 Å². The minimum absolute atomic E-state index is 0.0718. The number of hydrogen-bond donors (Lipinski definition) is 0. The first-order valence-electron chi connectivity index (χ1n) is 7.37. The lowest BCUT2D eigenvalue weighted by Crippen LogP contribution is -2.44. The van der Waals surface area contributed by atoms with Crippen molar-refractivity contribution in [1.29, 1.82) is 0 Å². The van der Waals surface area contributed by atoms with E-state index in [1.54, 1.807) is 17.0 Å². The molecule has 1 fully saturated rings. The highest BCUT2D eigenvalue weighted by atomic mass is 79.9. The zero-order valence-corrected chi connectivity index (χ0v) is 14.6. The average Bonchev–Trinajstić information content (AvgIpc) is 2.91. The normalized spacial score (nSPS) is 17.4. The van der Waals surface area contributed by atoms with Gasteiger partial charge in [0.05, 0.1) is 0 Å². The van der Waals surface area contributed by atoms with Gasteiger partial charge in [-0.15, -0.1) is 0 Å². The van der Waals surface area contributed by atoms with E-state index in [0.717, 1.165) is 19.6 Å². The number of piperidine rings is 1. The maximum Gasteiger partial charge on any atom is 0.289 e. The summed E-state index contributed by atoms with van der Waals surface area (Å²) in [6.45, 7) is 3.91. The molecule has 1 aliphatic heterocycles. The van der Waals surface area contributed by atoms with Crippen molar-refractivity contribution in [3.8, 4) is 0 Å². The Morgan fingerprint density at radius 2 is 2.00 bits per heavy atom. The molecule has 1 aromatic heterocycles. The van der Waals surface area contributed by atoms with E-state index in [9.17, 15) is 4.79 Å². The summed E-state index contributed by atoms with van der Waals surface area (Å²) < 4.78 is 5.89. The fraction of sp³-hybridized carbons (Fsp3) is 0.667. The van der Waals surface area contributed by atoms with Crippen LogP contribution in [0.5, 0.6) is 0 Å². The first kappa shape index (κ1) is 16.5. The highest BCUT2D eigenvalue weighted by Gasteiger charge is 2.21. The van der Waals surface area contributed by atoms with Gasteiger partial charge in [-0.05, 0) is 68.1 Å². The zero-order valence-electron chi connectivity index (χ0n) is 13.0. The van der Waals surface area contributed by atoms with Crippen LogP contribution in [0.25, 0.3) is 0 Å². The molecule has 0 saturated carbocycles. The van der Waals surface area contributed by atoms with Crippen molar-refractivity contribution in [1.82, 2.24) is 14.7 Å². The Balaban J connectivity index is 1.78. The second kappa shape index (κ2) is 7.42. The van der Waals surface area contributed by atoms with Crippen molar-refractivity contribution < 1.29 is 9.21 Å². The van der Waals surface area contributed by atoms with Gasteiger partial charge in [-0.25, -0.2) is 0 Å². The third-order valence-corrected chi connectivity index (χ3v) is 4.66. The molecule has 1 saturated heterocycles. The lowest BCUT2D eigenvalue weighted by molar-refractivity contribution is 0.0727. The number of rotatable bonds is 5. The van der Waals surface area contributed by atoms with Crippen LogP contribution in [0.2, 0.25) is 0 Å². The maximum atomic E-state index is 12.2. The predicted octanol–water partition coefficient (Wildman–Crippen LogP) is 2.14. The number of carbonyl (C=O) groups excluding carboxylic acids is 1. The van der Waals surface area contributed by atoms with Gasteiger partial charge < -0.3 is 19.1 Å². The molecule has 5 nitrogen and oxygen atoms in total. The van der Waals surface area contributed by atoms with Crippen LogP contribution < -0.4 is 0 Å². The second-order valence-electron chi connectivity index (χ2n) is 5.85. The van der Waals surface area contributed by atoms with Crippen molar-refractivity contribution >= 4 is 21.8 Å². The van der Waals surface area contributed by atoms with Crippen molar-refractivity contribution in [2.75, 3.05) is 47.3 Å². The molecule has 2 rings (SSSR count). The van der Waals surface area contributed by atoms with Gasteiger partial charge in [-0.2, -0.15) is 0 Å². The van der Waals surface area contributed by atoms with E-state index < -0.39 is 0 Å². The summed E-state index contributed by atoms with van der Waals surface area (Å²) >= 11 is 3.22. The number of nitrogens with zero attached hydrogens (tertiary/aromatic N) is 3. The van der Waals surface area contributed by atoms with Crippen LogP contribution in [-0.4, -0.2) is 74.0 Å². The van der Waals surface area contributed by atoms with Gasteiger partial charge in [0.1, 0.15) is 0 Å². The van der Waals surface area contributed by atoms with Crippen LogP contribution in [0, 0.1) is 0 Å². The van der Waals surface area contributed by atoms with Gasteiger partial charge >= 0.3 is 0 Å². The summed E-state index contributed by atoms with van der Waals surface area (Å²) in [5.74, 6) is 0.309. The van der Waals surface area contributed by atoms with Crippen molar-refractivity contribution in [2.45, 2.75) is 18.9 Å². The maximum absolute atomic E-state index is 12.2. The number of amides is 1. The summed E-state index contributed by atoms with van der Waals surface area (Å²) in [6, 6.07) is 4.07. The van der Waals surface area contributed by atoms with E-state index >= 15 is 0 Å². The van der Waals surface area contributed by atoms with Crippen LogP contribution in [0.15, 0.2) is 21.2 Å². The van der Waals surface area contributed by atoms with Gasteiger partial charge in [-0.3, -0.25) is 4.79 Å². The van der Waals surface area contributed by atoms with Crippen molar-refractivity contribution in [3.63, 3.8) is 0 Å². The molecule has 21 heavy (non-hydrogen) atoms. The Morgan fingerprint density at radius 1 is 1.33 bits per heavy atom. The molecule has 1 aromatic rings. The van der Waals surface area contributed by atoms with E-state index in [4.69, 9.17) is 4.42 Å². The molecular weight excluding hydrogens is 334 g/mol. The van der Waals surface area contributed by atoms with Crippen molar-refractivity contribution in [2.24, 2.45) is 0 Å². The quantitative estimate of drug-likeness (QED) is 0.809. The number of hydrogen-bond acceptors (Lipinski definition) is 4. The van der Waals surface area contributed by atoms with Crippen LogP contribution in [-0.2, 0) is 0 Å². The van der Waals surface area contributed by atoms with E-state index in [1.807, 2.05) is 7.05 Å². The number of halogens is 1. The van der Waals surface area contributed by atoms with Gasteiger partial charge in [-0.1, -0.05) is 0 Å². The first-order valence-corrected chi connectivity index (χ1v) is 8.16. The van der Waals surface area contributed by atoms with Crippen LogP contribution in [0.4, 0.5) is 0 Å². The monoisotopic (exact) mass is 357 g/mol. The number of likely N-dealkylation sites (N-methyl/N-ethyl adjacent to an activating group) is 2. The summed E-state index contributed by atoms with van der Waals surface area (Å²) in [4.78, 5) is 18.6. The molecule has 1 aliphatic rings. The fourth-order valence-corrected chi connectivity index (χ4v) is 2.95. The third-order valence-electron chi connectivity index (χ3n) is 4.23. The SMILES string of the molecule is CN1CCC(N(C)CCN(C)C(=O)c2ccc(Br)o2)CC1. The summed E-state index contributed by atoms with van der Waals surface area (Å²) in [7, 11) is 6.14. The third kappa shape index (κ3) is 4.56. The molecule has 118 valence electrons. The molecule has 6 heteroatoms. The van der Waals surface area contributed by atoms with Crippen LogP contribution >= 0.6 is 15.9 Å². The Bertz CT molecular complexity index is 469. The molecule has 0 unspecified atom stereocenters. The second-order valence-corrected chi connectivity index (χ2v) is 6.63. The van der Waals surface area contributed by atoms with E-state index in [1.165, 1.54) is 12.8 Å². The molecule has 0 spiro atoms. The smallest absolute Gasteiger partial charge is 0.289 e. The Hall–Kier alpha value is -0.850. The van der Waals surface area contributed by atoms with Gasteiger partial charge in [0.15, 0.2) is 10.4 Å². The average molecular weight is 358 g/mol. The highest BCUT2D eigenvalue weighted by molar-refractivity contribution is 9.10. The minimum atomic E-state index is -0.0718. The van der Waals surface area contributed by atoms with Crippen molar-refractivity contribution in [3.05, 3.63) is 22.6 Å². The largest absolute Gasteiger partial charge is 0.444 e. The summed E-state index contributed by atoms with van der Waals surface area (Å²) in [5.41, 5.74) is 0. The Labute approximate surface area is 135 Å². The zero-order chi connectivity index (χ0) is 15.4. The van der Waals surface area contributed by atoms with Gasteiger partial charge in [0, 0.05) is 26.2 Å². The Kier molecular flexibility index (Phi) is 5.84. The van der Waals surface area contributed by atoms with Gasteiger partial charge in [0.2, 0.25) is 0 Å². The van der Waals surface area contributed by atoms with Crippen LogP contribution in [0.1, 0.15) is 23.4 Å². The molecule has 0 aromatic carbocycles. The fourth-order valence-electron chi connectivity index (χ4n) is 2.64. The van der Waals surface area contributed by atoms with E-state index in [-0.39, 0.29) is 5.91 Å². The molecule has 0 aliphatic carbocycles. The molecule has 0 N–H and O–H groups in total. The first-order chi connectivity index (χ1) is 9.97. The lowest BCUT2D eigenvalue weighted by Gasteiger charge is -2.35. The minimum Gasteiger partial charge on any atom is -0.444 e. The predicted molar refractivity (Wildman–Crippen MR) is 86.5 cm³/mol. The number of carbonyl (C=O) groups is 1. The molecule has 2 heterocycles. The lowest BCUT2D eigenvalue weighted by atomic mass is 10.0. The van der Waals surface area contributed by atoms with Gasteiger partial charge in [0.25, 0.3) is 5.91 Å². The highest BCUT2D eigenvalue weighted by Crippen LogP contribution is 2.16. The topological polar surface area (TPSA) is 39.9 Å². The molecule has 1 amide bonds. The number of likely N-dealkylation sites (tertiary alicyclic amines) is 1. The standard InChI is InChI=1S/C15H24BrN3O2/c1-17-8-6-12(7-9-17)18(2)10-11-19(3)15(20)13-4-5-14(16)21-13/h4-5,12H,6-11H2,1-3H3. The van der Waals surface area contributed by atoms with E-state index in [2.05, 4.69) is 39.8 Å². The summed E-state index contributed by atoms with van der Waals surface area (Å²) in [6.07, 6.45) is 2.41. The molecular formula is C15H24BrN3O2. The molecule has 0 radical (unpaired) electrons. The molecule has 0 bridgehead atoms.